The summed E-state index contributed by atoms with van der Waals surface area (Å²) in [6.07, 6.45) is -0.967. The van der Waals surface area contributed by atoms with Crippen LogP contribution in [0.25, 0.3) is 11.2 Å². The molecule has 0 aliphatic carbocycles. The van der Waals surface area contributed by atoms with Crippen LogP contribution in [-0.2, 0) is 6.42 Å². The van der Waals surface area contributed by atoms with Gasteiger partial charge >= 0.3 is 6.08 Å². The van der Waals surface area contributed by atoms with Crippen LogP contribution in [0, 0.1) is 6.08 Å². The molecule has 0 aromatic carbocycles. The van der Waals surface area contributed by atoms with Crippen LogP contribution in [0.3, 0.4) is 0 Å². The number of hydrogen-bond donors (Lipinski definition) is 3. The maximum absolute atomic E-state index is 13.5. The van der Waals surface area contributed by atoms with Gasteiger partial charge in [0.05, 0.1) is 16.9 Å². The molecular formula is C9H10F2N6O. The zero-order valence-electron chi connectivity index (χ0n) is 9.35. The number of aromatic nitrogens is 3. The number of hydrogen-bond acceptors (Lipinski definition) is 5. The molecule has 0 aliphatic heterocycles. The summed E-state index contributed by atoms with van der Waals surface area (Å²) in [5.41, 5.74) is 10.9. The first-order valence-electron chi connectivity index (χ1n) is 5.01. The summed E-state index contributed by atoms with van der Waals surface area (Å²) in [4.78, 5) is 6.88. The number of nitrogens with zero attached hydrogens (tertiary/aromatic N) is 4. The minimum atomic E-state index is -1.38. The van der Waals surface area contributed by atoms with Crippen molar-refractivity contribution in [2.45, 2.75) is 13.3 Å². The van der Waals surface area contributed by atoms with E-state index in [0.717, 1.165) is 0 Å². The smallest absolute Gasteiger partial charge is 0.320 e. The van der Waals surface area contributed by atoms with Gasteiger partial charge in [-0.1, -0.05) is 16.6 Å². The van der Waals surface area contributed by atoms with Crippen molar-refractivity contribution in [3.63, 3.8) is 0 Å². The summed E-state index contributed by atoms with van der Waals surface area (Å²) < 4.78 is 26.6. The number of rotatable bonds is 2. The van der Waals surface area contributed by atoms with Crippen LogP contribution in [0.5, 0.6) is 0 Å². The summed E-state index contributed by atoms with van der Waals surface area (Å²) >= 11 is 0. The first-order valence-corrected chi connectivity index (χ1v) is 5.01. The average molecular weight is 256 g/mol. The van der Waals surface area contributed by atoms with Crippen LogP contribution in [0.4, 0.5) is 14.6 Å². The highest BCUT2D eigenvalue weighted by Crippen LogP contribution is 2.26. The number of aryl methyl sites for hydroxylation is 1. The van der Waals surface area contributed by atoms with Gasteiger partial charge in [0.15, 0.2) is 11.5 Å². The van der Waals surface area contributed by atoms with Gasteiger partial charge in [0.1, 0.15) is 5.52 Å². The lowest BCUT2D eigenvalue weighted by atomic mass is 10.1. The number of nitrogens with two attached hydrogens (primary N) is 2. The molecule has 0 atom stereocenters. The molecule has 5 N–H and O–H groups in total. The van der Waals surface area contributed by atoms with E-state index in [2.05, 4.69) is 15.1 Å². The van der Waals surface area contributed by atoms with Crippen molar-refractivity contribution in [3.05, 3.63) is 17.3 Å². The number of amidine groups is 1. The summed E-state index contributed by atoms with van der Waals surface area (Å²) in [6, 6.07) is 0. The Kier molecular flexibility index (Phi) is 2.73. The van der Waals surface area contributed by atoms with Crippen LogP contribution in [0.1, 0.15) is 18.2 Å². The second kappa shape index (κ2) is 4.09. The Hall–Kier alpha value is -2.45. The number of pyridine rings is 1. The second-order valence-electron chi connectivity index (χ2n) is 3.52. The van der Waals surface area contributed by atoms with Crippen molar-refractivity contribution in [1.29, 1.82) is 0 Å². The molecule has 2 rings (SSSR count). The highest BCUT2D eigenvalue weighted by Gasteiger charge is 2.22. The van der Waals surface area contributed by atoms with E-state index in [-0.39, 0.29) is 27.2 Å². The summed E-state index contributed by atoms with van der Waals surface area (Å²) in [5.74, 6) is -0.437. The highest BCUT2D eigenvalue weighted by atomic mass is 19.2. The van der Waals surface area contributed by atoms with E-state index in [1.54, 1.807) is 6.92 Å². The fourth-order valence-electron chi connectivity index (χ4n) is 1.69. The van der Waals surface area contributed by atoms with Gasteiger partial charge in [0.25, 0.3) is 0 Å². The fourth-order valence-corrected chi connectivity index (χ4v) is 1.69. The van der Waals surface area contributed by atoms with E-state index in [4.69, 9.17) is 16.7 Å². The van der Waals surface area contributed by atoms with E-state index in [1.165, 1.54) is 0 Å². The first kappa shape index (κ1) is 12.0. The summed E-state index contributed by atoms with van der Waals surface area (Å²) in [5, 5.41) is 11.4. The topological polar surface area (TPSA) is 115 Å². The van der Waals surface area contributed by atoms with Gasteiger partial charge in [-0.15, -0.1) is 4.79 Å². The van der Waals surface area contributed by atoms with E-state index in [0.29, 0.717) is 12.1 Å². The van der Waals surface area contributed by atoms with Gasteiger partial charge in [-0.05, 0) is 6.42 Å². The molecule has 9 heteroatoms. The molecule has 2 aromatic rings. The Morgan fingerprint density at radius 2 is 2.17 bits per heavy atom. The molecule has 0 fully saturated rings. The van der Waals surface area contributed by atoms with Gasteiger partial charge < -0.3 is 16.7 Å². The fraction of sp³-hybridized carbons (Fsp3) is 0.222. The van der Waals surface area contributed by atoms with Gasteiger partial charge in [-0.3, -0.25) is 0 Å². The van der Waals surface area contributed by atoms with E-state index in [9.17, 15) is 8.87 Å². The van der Waals surface area contributed by atoms with E-state index < -0.39 is 11.9 Å². The molecule has 0 amide bonds. The lowest BCUT2D eigenvalue weighted by Gasteiger charge is -2.09. The van der Waals surface area contributed by atoms with E-state index >= 15 is 0 Å². The Morgan fingerprint density at radius 3 is 2.72 bits per heavy atom. The Bertz CT molecular complexity index is 650. The number of imidazole rings is 1. The quantitative estimate of drug-likeness (QED) is 0.314. The molecule has 0 unspecified atom stereocenters. The monoisotopic (exact) mass is 256 g/mol. The SMILES string of the molecule is CCc1nc2nc(F)n(F)c2c(/C(N)=N/O)c1N. The van der Waals surface area contributed by atoms with Gasteiger partial charge in [-0.25, -0.2) is 4.98 Å². The standard InChI is InChI=1S/C9H10F2N6O/c1-2-3-5(12)4(7(13)16-18)6-8(14-3)15-9(10)17(6)11/h18H,2,12H2,1H3,(H2,13,16). The van der Waals surface area contributed by atoms with Crippen molar-refractivity contribution < 1.29 is 14.1 Å². The van der Waals surface area contributed by atoms with Crippen molar-refractivity contribution in [1.82, 2.24) is 14.8 Å². The van der Waals surface area contributed by atoms with Crippen LogP contribution in [0.15, 0.2) is 5.16 Å². The predicted molar refractivity (Wildman–Crippen MR) is 60.3 cm³/mol. The van der Waals surface area contributed by atoms with Gasteiger partial charge in [-0.2, -0.15) is 9.37 Å². The molecule has 2 heterocycles. The van der Waals surface area contributed by atoms with Crippen LogP contribution >= 0.6 is 0 Å². The van der Waals surface area contributed by atoms with Crippen molar-refractivity contribution in [2.24, 2.45) is 10.9 Å². The number of halogens is 2. The summed E-state index contributed by atoms with van der Waals surface area (Å²) in [7, 11) is 0. The Balaban J connectivity index is 2.97. The van der Waals surface area contributed by atoms with Crippen molar-refractivity contribution in [3.8, 4) is 0 Å². The Labute approximate surface area is 99.7 Å². The molecule has 0 saturated heterocycles. The third kappa shape index (κ3) is 1.51. The van der Waals surface area contributed by atoms with Gasteiger partial charge in [0, 0.05) is 0 Å². The maximum atomic E-state index is 13.5. The normalized spacial score (nSPS) is 12.3. The minimum absolute atomic E-state index is 0.0269. The second-order valence-corrected chi connectivity index (χ2v) is 3.52. The molecule has 0 bridgehead atoms. The number of oxime groups is 1. The molecule has 7 nitrogen and oxygen atoms in total. The molecule has 0 radical (unpaired) electrons. The molecule has 0 aliphatic rings. The molecule has 0 saturated carbocycles. The number of fused-ring (bicyclic) bond motifs is 1. The Morgan fingerprint density at radius 1 is 1.50 bits per heavy atom. The molecule has 2 aromatic heterocycles. The average Bonchev–Trinajstić information content (AvgIpc) is 2.64. The zero-order chi connectivity index (χ0) is 13.4. The lowest BCUT2D eigenvalue weighted by Crippen LogP contribution is -2.18. The molecule has 96 valence electrons. The third-order valence-corrected chi connectivity index (χ3v) is 2.52. The lowest BCUT2D eigenvalue weighted by molar-refractivity contribution is 0.301. The van der Waals surface area contributed by atoms with Crippen molar-refractivity contribution >= 4 is 22.7 Å². The van der Waals surface area contributed by atoms with Crippen LogP contribution < -0.4 is 11.5 Å². The molecule has 0 spiro atoms. The number of nitrogen functional groups attached to an aromatic ring is 1. The number of anilines is 1. The zero-order valence-corrected chi connectivity index (χ0v) is 9.35. The van der Waals surface area contributed by atoms with Gasteiger partial charge in [0.2, 0.25) is 0 Å². The summed E-state index contributed by atoms with van der Waals surface area (Å²) in [6.45, 7) is 1.75. The molecular weight excluding hydrogens is 246 g/mol. The largest absolute Gasteiger partial charge is 0.409 e. The maximum Gasteiger partial charge on any atom is 0.320 e. The first-order chi connectivity index (χ1) is 8.51. The van der Waals surface area contributed by atoms with Crippen LogP contribution in [-0.4, -0.2) is 25.8 Å². The molecule has 18 heavy (non-hydrogen) atoms. The van der Waals surface area contributed by atoms with E-state index in [1.807, 2.05) is 0 Å². The third-order valence-electron chi connectivity index (χ3n) is 2.52. The van der Waals surface area contributed by atoms with Crippen LogP contribution in [0.2, 0.25) is 0 Å². The van der Waals surface area contributed by atoms with Crippen molar-refractivity contribution in [2.75, 3.05) is 5.73 Å². The minimum Gasteiger partial charge on any atom is -0.409 e. The highest BCUT2D eigenvalue weighted by molar-refractivity contribution is 6.10. The predicted octanol–water partition coefficient (Wildman–Crippen LogP) is 0.542.